The van der Waals surface area contributed by atoms with E-state index in [0.717, 1.165) is 44.9 Å². The van der Waals surface area contributed by atoms with Crippen LogP contribution in [0.1, 0.15) is 251 Å². The third-order valence-electron chi connectivity index (χ3n) is 11.2. The van der Waals surface area contributed by atoms with Gasteiger partial charge in [-0.25, -0.2) is 0 Å². The Hall–Kier alpha value is -1.43. The standard InChI is InChI=1S/C50H95NO4/c1-3-5-7-9-11-13-15-17-19-21-22-23-24-25-26-27-28-29-31-33-35-37-39-41-43-45-49(54)51-47(46-52)50(55)48(53)44-42-40-38-36-34-32-30-20-18-16-14-12-10-8-6-4-2/h22-23,25-26,36,38,47-48,50,52-53,55H,3-21,24,27-35,37,39-46H2,1-2H3,(H,51,54)/b23-22-,26-25-,38-36+. The first-order valence-electron chi connectivity index (χ1n) is 24.3. The zero-order chi connectivity index (χ0) is 40.1. The Morgan fingerprint density at radius 1 is 0.455 bits per heavy atom. The fourth-order valence-corrected chi connectivity index (χ4v) is 7.43. The van der Waals surface area contributed by atoms with E-state index in [1.165, 1.54) is 180 Å². The summed E-state index contributed by atoms with van der Waals surface area (Å²) in [6.45, 7) is 4.17. The SMILES string of the molecule is CCCCCCCCCCC/C=C\C/C=C\CCCCCCCCCCCC(=O)NC(CO)C(O)C(O)CCC/C=C/CCCCCCCCCCCCC. The molecular weight excluding hydrogens is 679 g/mol. The fraction of sp³-hybridized carbons (Fsp3) is 0.860. The van der Waals surface area contributed by atoms with Crippen molar-refractivity contribution >= 4 is 5.91 Å². The quantitative estimate of drug-likeness (QED) is 0.0367. The van der Waals surface area contributed by atoms with Gasteiger partial charge in [0.2, 0.25) is 5.91 Å². The first-order chi connectivity index (χ1) is 27.1. The second-order valence-corrected chi connectivity index (χ2v) is 16.7. The first kappa shape index (κ1) is 53.6. The second kappa shape index (κ2) is 45.3. The number of rotatable bonds is 44. The van der Waals surface area contributed by atoms with Crippen LogP contribution in [0.2, 0.25) is 0 Å². The van der Waals surface area contributed by atoms with Crippen molar-refractivity contribution in [3.63, 3.8) is 0 Å². The van der Waals surface area contributed by atoms with Gasteiger partial charge in [0.1, 0.15) is 6.10 Å². The van der Waals surface area contributed by atoms with Gasteiger partial charge in [0.15, 0.2) is 0 Å². The minimum Gasteiger partial charge on any atom is -0.394 e. The Labute approximate surface area is 343 Å². The van der Waals surface area contributed by atoms with Crippen LogP contribution in [0.3, 0.4) is 0 Å². The van der Waals surface area contributed by atoms with Gasteiger partial charge in [-0.05, 0) is 70.6 Å². The van der Waals surface area contributed by atoms with Crippen molar-refractivity contribution in [2.45, 2.75) is 270 Å². The molecule has 3 atom stereocenters. The largest absolute Gasteiger partial charge is 0.394 e. The highest BCUT2D eigenvalue weighted by Crippen LogP contribution is 2.15. The van der Waals surface area contributed by atoms with Gasteiger partial charge in [0, 0.05) is 6.42 Å². The Bertz CT molecular complexity index is 855. The number of carbonyl (C=O) groups excluding carboxylic acids is 1. The summed E-state index contributed by atoms with van der Waals surface area (Å²) < 4.78 is 0. The van der Waals surface area contributed by atoms with E-state index >= 15 is 0 Å². The number of allylic oxidation sites excluding steroid dienone is 6. The highest BCUT2D eigenvalue weighted by molar-refractivity contribution is 5.76. The average Bonchev–Trinajstić information content (AvgIpc) is 3.19. The van der Waals surface area contributed by atoms with Crippen LogP contribution in [0.5, 0.6) is 0 Å². The summed E-state index contributed by atoms with van der Waals surface area (Å²) in [4.78, 5) is 12.5. The molecule has 0 rings (SSSR count). The number of hydrogen-bond acceptors (Lipinski definition) is 4. The number of hydrogen-bond donors (Lipinski definition) is 4. The van der Waals surface area contributed by atoms with Crippen LogP contribution >= 0.6 is 0 Å². The number of unbranched alkanes of at least 4 members (excludes halogenated alkanes) is 30. The van der Waals surface area contributed by atoms with Crippen molar-refractivity contribution in [3.05, 3.63) is 36.5 Å². The van der Waals surface area contributed by atoms with Gasteiger partial charge in [-0.1, -0.05) is 211 Å². The molecule has 0 aromatic heterocycles. The molecule has 0 saturated carbocycles. The molecule has 5 heteroatoms. The number of amides is 1. The smallest absolute Gasteiger partial charge is 0.220 e. The van der Waals surface area contributed by atoms with Crippen molar-refractivity contribution in [2.24, 2.45) is 0 Å². The molecule has 0 bridgehead atoms. The molecule has 1 amide bonds. The van der Waals surface area contributed by atoms with Gasteiger partial charge in [0.05, 0.1) is 18.8 Å². The van der Waals surface area contributed by atoms with Crippen molar-refractivity contribution in [2.75, 3.05) is 6.61 Å². The lowest BCUT2D eigenvalue weighted by atomic mass is 10.0. The maximum Gasteiger partial charge on any atom is 0.220 e. The van der Waals surface area contributed by atoms with Gasteiger partial charge < -0.3 is 20.6 Å². The van der Waals surface area contributed by atoms with E-state index in [1.807, 2.05) is 0 Å². The highest BCUT2D eigenvalue weighted by atomic mass is 16.3. The second-order valence-electron chi connectivity index (χ2n) is 16.7. The van der Waals surface area contributed by atoms with Crippen LogP contribution < -0.4 is 5.32 Å². The van der Waals surface area contributed by atoms with E-state index in [1.54, 1.807) is 0 Å². The minimum atomic E-state index is -1.16. The van der Waals surface area contributed by atoms with Gasteiger partial charge in [-0.2, -0.15) is 0 Å². The van der Waals surface area contributed by atoms with Crippen molar-refractivity contribution in [1.29, 1.82) is 0 Å². The minimum absolute atomic E-state index is 0.158. The van der Waals surface area contributed by atoms with Gasteiger partial charge in [-0.15, -0.1) is 0 Å². The molecule has 0 aliphatic heterocycles. The lowest BCUT2D eigenvalue weighted by molar-refractivity contribution is -0.124. The number of nitrogens with one attached hydrogen (secondary N) is 1. The number of aliphatic hydroxyl groups excluding tert-OH is 3. The summed E-state index contributed by atoms with van der Waals surface area (Å²) in [5.41, 5.74) is 0. The average molecular weight is 774 g/mol. The maximum absolute atomic E-state index is 12.5. The summed E-state index contributed by atoms with van der Waals surface area (Å²) in [5.74, 6) is -0.158. The van der Waals surface area contributed by atoms with Crippen LogP contribution in [-0.4, -0.2) is 46.1 Å². The summed E-state index contributed by atoms with van der Waals surface area (Å²) in [5, 5.41) is 33.6. The topological polar surface area (TPSA) is 89.8 Å². The number of aliphatic hydroxyl groups is 3. The highest BCUT2D eigenvalue weighted by Gasteiger charge is 2.26. The Kier molecular flexibility index (Phi) is 44.1. The molecular formula is C50H95NO4. The lowest BCUT2D eigenvalue weighted by Crippen LogP contribution is -2.50. The fourth-order valence-electron chi connectivity index (χ4n) is 7.43. The van der Waals surface area contributed by atoms with Crippen molar-refractivity contribution in [1.82, 2.24) is 5.32 Å². The van der Waals surface area contributed by atoms with E-state index in [4.69, 9.17) is 0 Å². The number of carbonyl (C=O) groups is 1. The summed E-state index contributed by atoms with van der Waals surface area (Å²) in [7, 11) is 0. The van der Waals surface area contributed by atoms with E-state index in [9.17, 15) is 20.1 Å². The van der Waals surface area contributed by atoms with Crippen LogP contribution in [0.15, 0.2) is 36.5 Å². The van der Waals surface area contributed by atoms with E-state index in [-0.39, 0.29) is 12.5 Å². The van der Waals surface area contributed by atoms with Crippen LogP contribution in [0, 0.1) is 0 Å². The van der Waals surface area contributed by atoms with Gasteiger partial charge >= 0.3 is 0 Å². The predicted molar refractivity (Wildman–Crippen MR) is 241 cm³/mol. The zero-order valence-corrected chi connectivity index (χ0v) is 36.8. The Balaban J connectivity index is 3.63. The molecule has 0 aromatic carbocycles. The monoisotopic (exact) mass is 774 g/mol. The molecule has 55 heavy (non-hydrogen) atoms. The normalized spacial score (nSPS) is 13.8. The van der Waals surface area contributed by atoms with Crippen molar-refractivity contribution in [3.8, 4) is 0 Å². The molecule has 0 aliphatic rings. The summed E-state index contributed by atoms with van der Waals surface area (Å²) in [6.07, 6.45) is 57.0. The Morgan fingerprint density at radius 2 is 0.782 bits per heavy atom. The Morgan fingerprint density at radius 3 is 1.16 bits per heavy atom. The molecule has 0 heterocycles. The van der Waals surface area contributed by atoms with Crippen LogP contribution in [0.4, 0.5) is 0 Å². The third kappa shape index (κ3) is 40.6. The van der Waals surface area contributed by atoms with Crippen LogP contribution in [0.25, 0.3) is 0 Å². The van der Waals surface area contributed by atoms with Crippen molar-refractivity contribution < 1.29 is 20.1 Å². The van der Waals surface area contributed by atoms with E-state index in [0.29, 0.717) is 12.8 Å². The molecule has 3 unspecified atom stereocenters. The maximum atomic E-state index is 12.5. The zero-order valence-electron chi connectivity index (χ0n) is 36.8. The van der Waals surface area contributed by atoms with Crippen LogP contribution in [-0.2, 0) is 4.79 Å². The molecule has 5 nitrogen and oxygen atoms in total. The predicted octanol–water partition coefficient (Wildman–Crippen LogP) is 14.3. The molecule has 0 spiro atoms. The third-order valence-corrected chi connectivity index (χ3v) is 11.2. The lowest BCUT2D eigenvalue weighted by Gasteiger charge is -2.26. The molecule has 0 aromatic rings. The van der Waals surface area contributed by atoms with Gasteiger partial charge in [-0.3, -0.25) is 4.79 Å². The molecule has 0 radical (unpaired) electrons. The summed E-state index contributed by atoms with van der Waals surface area (Å²) in [6, 6.07) is -0.828. The molecule has 4 N–H and O–H groups in total. The van der Waals surface area contributed by atoms with E-state index < -0.39 is 18.2 Å². The summed E-state index contributed by atoms with van der Waals surface area (Å²) >= 11 is 0. The first-order valence-corrected chi connectivity index (χ1v) is 24.3. The molecule has 0 aliphatic carbocycles. The van der Waals surface area contributed by atoms with Gasteiger partial charge in [0.25, 0.3) is 0 Å². The molecule has 0 saturated heterocycles. The molecule has 324 valence electrons. The molecule has 0 fully saturated rings. The van der Waals surface area contributed by atoms with E-state index in [2.05, 4.69) is 55.6 Å².